The fourth-order valence-corrected chi connectivity index (χ4v) is 4.48. The first-order valence-electron chi connectivity index (χ1n) is 11.1. The van der Waals surface area contributed by atoms with Crippen molar-refractivity contribution < 1.29 is 0 Å². The predicted octanol–water partition coefficient (Wildman–Crippen LogP) is 4.50. The van der Waals surface area contributed by atoms with E-state index in [0.717, 1.165) is 54.8 Å². The van der Waals surface area contributed by atoms with Crippen molar-refractivity contribution >= 4 is 28.6 Å². The first kappa shape index (κ1) is 23.4. The van der Waals surface area contributed by atoms with Crippen molar-refractivity contribution in [3.8, 4) is 6.07 Å². The van der Waals surface area contributed by atoms with Crippen LogP contribution in [0.5, 0.6) is 0 Å². The number of nitriles is 1. The van der Waals surface area contributed by atoms with Gasteiger partial charge in [0.2, 0.25) is 0 Å². The summed E-state index contributed by atoms with van der Waals surface area (Å²) in [5.41, 5.74) is 0.775. The number of allylic oxidation sites excluding steroid dienone is 4. The fourth-order valence-electron chi connectivity index (χ4n) is 3.50. The summed E-state index contributed by atoms with van der Waals surface area (Å²) in [6.45, 7) is 8.60. The highest BCUT2D eigenvalue weighted by molar-refractivity contribution is 7.13. The number of rotatable bonds is 12. The molecule has 0 aliphatic heterocycles. The Morgan fingerprint density at radius 1 is 1.34 bits per heavy atom. The van der Waals surface area contributed by atoms with E-state index in [0.29, 0.717) is 12.0 Å². The van der Waals surface area contributed by atoms with E-state index in [1.807, 2.05) is 13.0 Å². The maximum absolute atomic E-state index is 9.09. The lowest BCUT2D eigenvalue weighted by Crippen LogP contribution is -2.31. The third-order valence-corrected chi connectivity index (χ3v) is 6.34. The van der Waals surface area contributed by atoms with E-state index in [4.69, 9.17) is 10.2 Å². The lowest BCUT2D eigenvalue weighted by atomic mass is 9.94. The first-order valence-corrected chi connectivity index (χ1v) is 11.9. The molecule has 0 radical (unpaired) electrons. The molecular formula is C24H36N4S. The van der Waals surface area contributed by atoms with E-state index in [-0.39, 0.29) is 0 Å². The van der Waals surface area contributed by atoms with Crippen molar-refractivity contribution in [2.24, 2.45) is 5.92 Å². The minimum absolute atomic E-state index is 0.405. The van der Waals surface area contributed by atoms with Crippen LogP contribution in [0.15, 0.2) is 23.8 Å². The Kier molecular flexibility index (Phi) is 10.8. The minimum Gasteiger partial charge on any atom is -0.361 e. The van der Waals surface area contributed by atoms with Crippen LogP contribution in [0.2, 0.25) is 0 Å². The normalized spacial score (nSPS) is 18.6. The third kappa shape index (κ3) is 8.16. The molecule has 2 atom stereocenters. The molecule has 0 spiro atoms. The van der Waals surface area contributed by atoms with Crippen LogP contribution in [0.3, 0.4) is 0 Å². The summed E-state index contributed by atoms with van der Waals surface area (Å²) >= 11 is 1.73. The summed E-state index contributed by atoms with van der Waals surface area (Å²) in [5, 5.41) is 18.3. The number of nitrogens with one attached hydrogen (secondary N) is 2. The molecule has 0 aromatic carbocycles. The van der Waals surface area contributed by atoms with Crippen LogP contribution < -0.4 is 20.5 Å². The van der Waals surface area contributed by atoms with E-state index in [2.05, 4.69) is 54.9 Å². The Balaban J connectivity index is 1.88. The average Bonchev–Trinajstić information content (AvgIpc) is 3.16. The Morgan fingerprint density at radius 3 is 2.93 bits per heavy atom. The van der Waals surface area contributed by atoms with E-state index < -0.39 is 0 Å². The van der Waals surface area contributed by atoms with Gasteiger partial charge in [-0.1, -0.05) is 62.3 Å². The van der Waals surface area contributed by atoms with Crippen molar-refractivity contribution in [3.05, 3.63) is 33.7 Å². The molecule has 1 heterocycles. The maximum atomic E-state index is 9.09. The van der Waals surface area contributed by atoms with Gasteiger partial charge in [0, 0.05) is 18.2 Å². The Morgan fingerprint density at radius 2 is 2.21 bits per heavy atom. The highest BCUT2D eigenvalue weighted by atomic mass is 32.1. The zero-order valence-electron chi connectivity index (χ0n) is 18.2. The maximum Gasteiger partial charge on any atom is 0.183 e. The first-order chi connectivity index (χ1) is 14.2. The Labute approximate surface area is 180 Å². The van der Waals surface area contributed by atoms with Gasteiger partial charge in [-0.3, -0.25) is 0 Å². The van der Waals surface area contributed by atoms with Crippen LogP contribution >= 0.6 is 11.3 Å². The number of aromatic nitrogens is 1. The lowest BCUT2D eigenvalue weighted by molar-refractivity contribution is 0.466. The number of hydrogen-bond acceptors (Lipinski definition) is 5. The average molecular weight is 413 g/mol. The molecule has 0 amide bonds. The minimum atomic E-state index is 0.405. The van der Waals surface area contributed by atoms with Gasteiger partial charge in [0.15, 0.2) is 5.13 Å². The Hall–Kier alpha value is -1.90. The molecule has 1 aromatic heterocycles. The molecular weight excluding hydrogens is 376 g/mol. The zero-order chi connectivity index (χ0) is 20.9. The van der Waals surface area contributed by atoms with Crippen molar-refractivity contribution in [2.45, 2.75) is 71.8 Å². The molecule has 0 fully saturated rings. The van der Waals surface area contributed by atoms with Gasteiger partial charge in [-0.2, -0.15) is 5.26 Å². The second-order valence-electron chi connectivity index (χ2n) is 7.61. The molecule has 0 saturated carbocycles. The standard InChI is InChI=1S/C24H36N4S/c1-4-7-8-15-26-21(5-2)14-16-27-24-28-22(6-3)23(29-24)13-12-19-10-9-11-20(17-19)18-25/h6,9,11,13,17,19,21,26H,4-5,7-8,10,12,14-16H2,1-3H3,(H,27,28)/b22-6+,23-13+. The molecule has 1 aliphatic carbocycles. The van der Waals surface area contributed by atoms with Crippen LogP contribution in [-0.4, -0.2) is 24.1 Å². The highest BCUT2D eigenvalue weighted by Crippen LogP contribution is 2.20. The molecule has 158 valence electrons. The third-order valence-electron chi connectivity index (χ3n) is 5.32. The molecule has 2 rings (SSSR count). The zero-order valence-corrected chi connectivity index (χ0v) is 19.0. The van der Waals surface area contributed by atoms with Crippen LogP contribution in [0.25, 0.3) is 12.2 Å². The number of anilines is 1. The Bertz CT molecular complexity index is 828. The van der Waals surface area contributed by atoms with Crippen LogP contribution in [0, 0.1) is 17.2 Å². The lowest BCUT2D eigenvalue weighted by Gasteiger charge is -2.16. The highest BCUT2D eigenvalue weighted by Gasteiger charge is 2.09. The molecule has 1 aromatic rings. The second kappa shape index (κ2) is 13.3. The largest absolute Gasteiger partial charge is 0.361 e. The van der Waals surface area contributed by atoms with Gasteiger partial charge in [0.05, 0.1) is 16.0 Å². The topological polar surface area (TPSA) is 60.7 Å². The van der Waals surface area contributed by atoms with Gasteiger partial charge in [-0.25, -0.2) is 4.98 Å². The van der Waals surface area contributed by atoms with Crippen molar-refractivity contribution in [3.63, 3.8) is 0 Å². The van der Waals surface area contributed by atoms with Gasteiger partial charge in [-0.15, -0.1) is 0 Å². The van der Waals surface area contributed by atoms with Crippen molar-refractivity contribution in [1.82, 2.24) is 10.3 Å². The van der Waals surface area contributed by atoms with Gasteiger partial charge in [0.1, 0.15) is 0 Å². The molecule has 1 aliphatic rings. The molecule has 2 N–H and O–H groups in total. The molecule has 29 heavy (non-hydrogen) atoms. The summed E-state index contributed by atoms with van der Waals surface area (Å²) in [6, 6.07) is 2.82. The molecule has 5 heteroatoms. The second-order valence-corrected chi connectivity index (χ2v) is 8.64. The van der Waals surface area contributed by atoms with Crippen LogP contribution in [0.1, 0.15) is 65.7 Å². The monoisotopic (exact) mass is 412 g/mol. The van der Waals surface area contributed by atoms with E-state index in [1.54, 1.807) is 11.3 Å². The van der Waals surface area contributed by atoms with E-state index in [1.165, 1.54) is 23.8 Å². The number of thiazole rings is 1. The van der Waals surface area contributed by atoms with Crippen LogP contribution in [0.4, 0.5) is 5.13 Å². The predicted molar refractivity (Wildman–Crippen MR) is 126 cm³/mol. The van der Waals surface area contributed by atoms with E-state index >= 15 is 0 Å². The molecule has 2 unspecified atom stereocenters. The van der Waals surface area contributed by atoms with Gasteiger partial charge in [0.25, 0.3) is 0 Å². The summed E-state index contributed by atoms with van der Waals surface area (Å²) in [5.74, 6) is 0.405. The van der Waals surface area contributed by atoms with Crippen molar-refractivity contribution in [1.29, 1.82) is 5.26 Å². The number of hydrogen-bond donors (Lipinski definition) is 2. The number of nitrogens with zero attached hydrogens (tertiary/aromatic N) is 2. The fraction of sp³-hybridized carbons (Fsp3) is 0.583. The quantitative estimate of drug-likeness (QED) is 0.496. The molecule has 4 nitrogen and oxygen atoms in total. The summed E-state index contributed by atoms with van der Waals surface area (Å²) in [6.07, 6.45) is 18.5. The smallest absolute Gasteiger partial charge is 0.183 e. The van der Waals surface area contributed by atoms with Crippen LogP contribution in [-0.2, 0) is 0 Å². The summed E-state index contributed by atoms with van der Waals surface area (Å²) in [7, 11) is 0. The van der Waals surface area contributed by atoms with Gasteiger partial charge in [-0.05, 0) is 57.6 Å². The van der Waals surface area contributed by atoms with Gasteiger partial charge >= 0.3 is 0 Å². The van der Waals surface area contributed by atoms with Gasteiger partial charge < -0.3 is 10.6 Å². The summed E-state index contributed by atoms with van der Waals surface area (Å²) < 4.78 is 1.22. The summed E-state index contributed by atoms with van der Waals surface area (Å²) in [4.78, 5) is 4.75. The van der Waals surface area contributed by atoms with E-state index in [9.17, 15) is 0 Å². The molecule has 0 saturated heterocycles. The number of unbranched alkanes of at least 4 members (excludes halogenated alkanes) is 2. The molecule has 0 bridgehead atoms. The SMILES string of the molecule is C/C=c1/nc(NCCC(CC)NCCCCC)s/c1=C/CC1C=C(C#N)C=CC1. The van der Waals surface area contributed by atoms with Crippen molar-refractivity contribution in [2.75, 3.05) is 18.4 Å².